The number of rotatable bonds is 4. The lowest BCUT2D eigenvalue weighted by Crippen LogP contribution is -2.06. The molecule has 0 unspecified atom stereocenters. The van der Waals surface area contributed by atoms with Crippen LogP contribution in [0.3, 0.4) is 0 Å². The van der Waals surface area contributed by atoms with E-state index in [1.165, 1.54) is 4.88 Å². The Morgan fingerprint density at radius 2 is 2.06 bits per heavy atom. The Bertz CT molecular complexity index is 508. The molecule has 0 radical (unpaired) electrons. The van der Waals surface area contributed by atoms with Crippen LogP contribution in [0.1, 0.15) is 15.4 Å². The number of anilines is 2. The summed E-state index contributed by atoms with van der Waals surface area (Å²) in [7, 11) is 1.80. The molecular formula is C11H15N5S. The van der Waals surface area contributed by atoms with Gasteiger partial charge in [0.1, 0.15) is 10.8 Å². The zero-order valence-corrected chi connectivity index (χ0v) is 10.9. The van der Waals surface area contributed by atoms with Crippen molar-refractivity contribution in [1.29, 1.82) is 0 Å². The number of nitrogens with zero attached hydrogens (tertiary/aromatic N) is 3. The summed E-state index contributed by atoms with van der Waals surface area (Å²) >= 11 is 1.69. The summed E-state index contributed by atoms with van der Waals surface area (Å²) in [6.45, 7) is 4.73. The molecule has 6 heteroatoms. The minimum atomic E-state index is 0.619. The van der Waals surface area contributed by atoms with Crippen LogP contribution in [0, 0.1) is 13.8 Å². The number of aromatic nitrogens is 3. The number of thiazole rings is 1. The molecule has 5 nitrogen and oxygen atoms in total. The average Bonchev–Trinajstić information content (AvgIpc) is 2.74. The standard InChI is InChI=1S/C11H15N5S/c1-7-4-15-11(12-3)16-10(7)14-6-9-13-5-8(2)17-9/h4-5H,6H2,1-3H3,(H2,12,14,15,16). The fraction of sp³-hybridized carbons (Fsp3) is 0.364. The molecule has 2 aromatic heterocycles. The maximum atomic E-state index is 4.36. The number of hydrogen-bond donors (Lipinski definition) is 2. The lowest BCUT2D eigenvalue weighted by atomic mass is 10.3. The molecule has 0 aliphatic heterocycles. The van der Waals surface area contributed by atoms with Gasteiger partial charge in [0.2, 0.25) is 5.95 Å². The van der Waals surface area contributed by atoms with Crippen LogP contribution in [0.4, 0.5) is 11.8 Å². The second-order valence-electron chi connectivity index (χ2n) is 3.69. The van der Waals surface area contributed by atoms with Gasteiger partial charge in [0.05, 0.1) is 6.54 Å². The van der Waals surface area contributed by atoms with Gasteiger partial charge in [-0.15, -0.1) is 11.3 Å². The maximum absolute atomic E-state index is 4.36. The molecule has 0 fully saturated rings. The van der Waals surface area contributed by atoms with E-state index in [4.69, 9.17) is 0 Å². The summed E-state index contributed by atoms with van der Waals surface area (Å²) < 4.78 is 0. The van der Waals surface area contributed by atoms with Crippen molar-refractivity contribution in [3.8, 4) is 0 Å². The average molecular weight is 249 g/mol. The largest absolute Gasteiger partial charge is 0.363 e. The fourth-order valence-corrected chi connectivity index (χ4v) is 2.11. The van der Waals surface area contributed by atoms with Crippen molar-refractivity contribution in [1.82, 2.24) is 15.0 Å². The van der Waals surface area contributed by atoms with E-state index in [0.29, 0.717) is 12.5 Å². The zero-order valence-electron chi connectivity index (χ0n) is 10.1. The quantitative estimate of drug-likeness (QED) is 0.869. The monoisotopic (exact) mass is 249 g/mol. The molecule has 0 spiro atoms. The smallest absolute Gasteiger partial charge is 0.224 e. The summed E-state index contributed by atoms with van der Waals surface area (Å²) in [6.07, 6.45) is 3.68. The highest BCUT2D eigenvalue weighted by Crippen LogP contribution is 2.16. The van der Waals surface area contributed by atoms with Crippen LogP contribution >= 0.6 is 11.3 Å². The van der Waals surface area contributed by atoms with E-state index in [0.717, 1.165) is 16.4 Å². The highest BCUT2D eigenvalue weighted by molar-refractivity contribution is 7.11. The SMILES string of the molecule is CNc1ncc(C)c(NCc2ncc(C)s2)n1. The van der Waals surface area contributed by atoms with Crippen LogP contribution < -0.4 is 10.6 Å². The van der Waals surface area contributed by atoms with E-state index in [1.54, 1.807) is 24.6 Å². The maximum Gasteiger partial charge on any atom is 0.224 e. The molecule has 0 aliphatic carbocycles. The third kappa shape index (κ3) is 2.91. The van der Waals surface area contributed by atoms with Crippen molar-refractivity contribution < 1.29 is 0 Å². The molecule has 0 saturated heterocycles. The predicted octanol–water partition coefficient (Wildman–Crippen LogP) is 2.20. The number of aryl methyl sites for hydroxylation is 2. The van der Waals surface area contributed by atoms with E-state index >= 15 is 0 Å². The van der Waals surface area contributed by atoms with Gasteiger partial charge in [0, 0.05) is 29.9 Å². The molecule has 0 aromatic carbocycles. The molecule has 2 aromatic rings. The van der Waals surface area contributed by atoms with Crippen molar-refractivity contribution in [3.05, 3.63) is 27.8 Å². The van der Waals surface area contributed by atoms with Gasteiger partial charge < -0.3 is 10.6 Å². The summed E-state index contributed by atoms with van der Waals surface area (Å²) in [5.74, 6) is 1.46. The van der Waals surface area contributed by atoms with Crippen molar-refractivity contribution in [3.63, 3.8) is 0 Å². The summed E-state index contributed by atoms with van der Waals surface area (Å²) in [4.78, 5) is 14.0. The normalized spacial score (nSPS) is 10.3. The first kappa shape index (κ1) is 11.8. The molecule has 2 rings (SSSR count). The van der Waals surface area contributed by atoms with Crippen molar-refractivity contribution >= 4 is 23.1 Å². The first-order valence-electron chi connectivity index (χ1n) is 5.35. The van der Waals surface area contributed by atoms with Gasteiger partial charge in [-0.25, -0.2) is 9.97 Å². The third-order valence-electron chi connectivity index (χ3n) is 2.27. The first-order valence-corrected chi connectivity index (χ1v) is 6.17. The van der Waals surface area contributed by atoms with E-state index in [-0.39, 0.29) is 0 Å². The first-order chi connectivity index (χ1) is 8.19. The van der Waals surface area contributed by atoms with Crippen LogP contribution in [0.25, 0.3) is 0 Å². The molecular weight excluding hydrogens is 234 g/mol. The van der Waals surface area contributed by atoms with Crippen LogP contribution in [-0.2, 0) is 6.54 Å². The van der Waals surface area contributed by atoms with Crippen molar-refractivity contribution in [2.75, 3.05) is 17.7 Å². The van der Waals surface area contributed by atoms with Crippen LogP contribution in [0.5, 0.6) is 0 Å². The highest BCUT2D eigenvalue weighted by Gasteiger charge is 2.04. The minimum absolute atomic E-state index is 0.619. The second-order valence-corrected chi connectivity index (χ2v) is 5.01. The van der Waals surface area contributed by atoms with Gasteiger partial charge in [-0.1, -0.05) is 0 Å². The van der Waals surface area contributed by atoms with E-state index in [1.807, 2.05) is 13.1 Å². The Morgan fingerprint density at radius 1 is 1.24 bits per heavy atom. The Balaban J connectivity index is 2.07. The topological polar surface area (TPSA) is 62.7 Å². The lowest BCUT2D eigenvalue weighted by molar-refractivity contribution is 1.04. The summed E-state index contributed by atoms with van der Waals surface area (Å²) in [5.41, 5.74) is 1.03. The highest BCUT2D eigenvalue weighted by atomic mass is 32.1. The van der Waals surface area contributed by atoms with Gasteiger partial charge in [-0.3, -0.25) is 0 Å². The minimum Gasteiger partial charge on any atom is -0.363 e. The van der Waals surface area contributed by atoms with E-state index in [2.05, 4.69) is 32.5 Å². The molecule has 0 aliphatic rings. The molecule has 17 heavy (non-hydrogen) atoms. The zero-order chi connectivity index (χ0) is 12.3. The Labute approximate surface area is 104 Å². The number of hydrogen-bond acceptors (Lipinski definition) is 6. The summed E-state index contributed by atoms with van der Waals surface area (Å²) in [6, 6.07) is 0. The third-order valence-corrected chi connectivity index (χ3v) is 3.18. The van der Waals surface area contributed by atoms with Gasteiger partial charge in [0.25, 0.3) is 0 Å². The molecule has 90 valence electrons. The van der Waals surface area contributed by atoms with Crippen LogP contribution in [-0.4, -0.2) is 22.0 Å². The fourth-order valence-electron chi connectivity index (χ4n) is 1.38. The van der Waals surface area contributed by atoms with Gasteiger partial charge >= 0.3 is 0 Å². The summed E-state index contributed by atoms with van der Waals surface area (Å²) in [5, 5.41) is 7.26. The van der Waals surface area contributed by atoms with Crippen molar-refractivity contribution in [2.45, 2.75) is 20.4 Å². The van der Waals surface area contributed by atoms with Crippen LogP contribution in [0.2, 0.25) is 0 Å². The molecule has 0 bridgehead atoms. The van der Waals surface area contributed by atoms with Crippen molar-refractivity contribution in [2.24, 2.45) is 0 Å². The predicted molar refractivity (Wildman–Crippen MR) is 70.5 cm³/mol. The second kappa shape index (κ2) is 5.09. The lowest BCUT2D eigenvalue weighted by Gasteiger charge is -2.08. The van der Waals surface area contributed by atoms with Gasteiger partial charge in [0.15, 0.2) is 0 Å². The molecule has 2 heterocycles. The molecule has 0 amide bonds. The van der Waals surface area contributed by atoms with E-state index < -0.39 is 0 Å². The number of nitrogens with one attached hydrogen (secondary N) is 2. The van der Waals surface area contributed by atoms with Gasteiger partial charge in [-0.05, 0) is 13.8 Å². The molecule has 0 atom stereocenters. The Hall–Kier alpha value is -1.69. The van der Waals surface area contributed by atoms with Gasteiger partial charge in [-0.2, -0.15) is 4.98 Å². The molecule has 0 saturated carbocycles. The van der Waals surface area contributed by atoms with Crippen LogP contribution in [0.15, 0.2) is 12.4 Å². The molecule has 2 N–H and O–H groups in total. The Kier molecular flexibility index (Phi) is 3.53. The van der Waals surface area contributed by atoms with E-state index in [9.17, 15) is 0 Å². The Morgan fingerprint density at radius 3 is 2.71 bits per heavy atom.